The van der Waals surface area contributed by atoms with Gasteiger partial charge in [-0.2, -0.15) is 0 Å². The van der Waals surface area contributed by atoms with Gasteiger partial charge in [0.1, 0.15) is 0 Å². The maximum absolute atomic E-state index is 11.7. The summed E-state index contributed by atoms with van der Waals surface area (Å²) >= 11 is 0. The van der Waals surface area contributed by atoms with Crippen LogP contribution in [0.3, 0.4) is 0 Å². The first kappa shape index (κ1) is 23.2. The Morgan fingerprint density at radius 3 is 2.57 bits per heavy atom. The normalized spacial score (nSPS) is 20.3. The molecule has 128 valence electrons. The third-order valence-electron chi connectivity index (χ3n) is 3.92. The van der Waals surface area contributed by atoms with Crippen molar-refractivity contribution in [2.75, 3.05) is 19.6 Å². The summed E-state index contributed by atoms with van der Waals surface area (Å²) in [7, 11) is 0. The van der Waals surface area contributed by atoms with Gasteiger partial charge < -0.3 is 16.0 Å². The van der Waals surface area contributed by atoms with Crippen molar-refractivity contribution in [3.8, 4) is 0 Å². The molecule has 0 bridgehead atoms. The Bertz CT molecular complexity index is 278. The fourth-order valence-electron chi connectivity index (χ4n) is 2.73. The van der Waals surface area contributed by atoms with E-state index in [9.17, 15) is 4.79 Å². The van der Waals surface area contributed by atoms with Gasteiger partial charge in [0.15, 0.2) is 0 Å². The van der Waals surface area contributed by atoms with Gasteiger partial charge >= 0.3 is 0 Å². The van der Waals surface area contributed by atoms with Crippen LogP contribution in [0.4, 0.5) is 0 Å². The molecule has 1 unspecified atom stereocenters. The van der Waals surface area contributed by atoms with Crippen LogP contribution in [0.25, 0.3) is 0 Å². The molecule has 1 aliphatic rings. The molecule has 0 aliphatic carbocycles. The first-order valence-corrected chi connectivity index (χ1v) is 7.78. The summed E-state index contributed by atoms with van der Waals surface area (Å²) in [6.07, 6.45) is 5.76. The van der Waals surface area contributed by atoms with Gasteiger partial charge in [-0.1, -0.05) is 20.3 Å². The molecule has 0 aromatic carbocycles. The number of halogens is 2. The number of nitrogens with zero attached hydrogens (tertiary/aromatic N) is 1. The van der Waals surface area contributed by atoms with E-state index in [1.165, 1.54) is 25.8 Å². The first-order chi connectivity index (χ1) is 9.00. The van der Waals surface area contributed by atoms with Crippen LogP contribution in [0.15, 0.2) is 0 Å². The van der Waals surface area contributed by atoms with E-state index in [1.54, 1.807) is 0 Å². The lowest BCUT2D eigenvalue weighted by molar-refractivity contribution is -0.122. The molecule has 1 heterocycles. The molecule has 0 spiro atoms. The number of carbonyl (C=O) groups excluding carboxylic acids is 1. The van der Waals surface area contributed by atoms with Crippen molar-refractivity contribution in [3.63, 3.8) is 0 Å². The lowest BCUT2D eigenvalue weighted by Gasteiger charge is -2.33. The molecule has 0 saturated carbocycles. The number of piperidine rings is 1. The predicted molar refractivity (Wildman–Crippen MR) is 94.4 cm³/mol. The number of nitrogens with one attached hydrogen (secondary N) is 1. The molecule has 1 fully saturated rings. The van der Waals surface area contributed by atoms with Crippen molar-refractivity contribution in [2.24, 2.45) is 11.7 Å². The minimum absolute atomic E-state index is 0. The number of hydrogen-bond donors (Lipinski definition) is 2. The summed E-state index contributed by atoms with van der Waals surface area (Å²) in [5.74, 6) is 0.468. The second kappa shape index (κ2) is 12.5. The Kier molecular flexibility index (Phi) is 13.8. The predicted octanol–water partition coefficient (Wildman–Crippen LogP) is 2.58. The van der Waals surface area contributed by atoms with Gasteiger partial charge in [0, 0.05) is 19.1 Å². The van der Waals surface area contributed by atoms with Gasteiger partial charge in [-0.3, -0.25) is 4.79 Å². The zero-order valence-electron chi connectivity index (χ0n) is 13.6. The van der Waals surface area contributed by atoms with E-state index >= 15 is 0 Å². The largest absolute Gasteiger partial charge is 0.355 e. The Hall–Kier alpha value is -0.0300. The van der Waals surface area contributed by atoms with Crippen molar-refractivity contribution in [1.82, 2.24) is 10.2 Å². The summed E-state index contributed by atoms with van der Waals surface area (Å²) < 4.78 is 0. The maximum atomic E-state index is 11.7. The third-order valence-corrected chi connectivity index (χ3v) is 3.92. The number of nitrogens with two attached hydrogens (primary N) is 1. The van der Waals surface area contributed by atoms with E-state index in [0.29, 0.717) is 12.0 Å². The molecule has 1 saturated heterocycles. The van der Waals surface area contributed by atoms with Gasteiger partial charge in [0.2, 0.25) is 5.91 Å². The van der Waals surface area contributed by atoms with Crippen LogP contribution in [0.1, 0.15) is 52.9 Å². The quantitative estimate of drug-likeness (QED) is 0.699. The third kappa shape index (κ3) is 9.56. The molecule has 4 nitrogen and oxygen atoms in total. The topological polar surface area (TPSA) is 58.4 Å². The monoisotopic (exact) mass is 341 g/mol. The fraction of sp³-hybridized carbons (Fsp3) is 0.933. The number of hydrogen-bond acceptors (Lipinski definition) is 3. The second-order valence-electron chi connectivity index (χ2n) is 6.26. The lowest BCUT2D eigenvalue weighted by atomic mass is 10.0. The molecule has 1 amide bonds. The van der Waals surface area contributed by atoms with E-state index in [2.05, 4.69) is 31.0 Å². The van der Waals surface area contributed by atoms with Crippen LogP contribution in [0, 0.1) is 5.92 Å². The van der Waals surface area contributed by atoms with Crippen LogP contribution >= 0.6 is 24.8 Å². The molecule has 6 heteroatoms. The summed E-state index contributed by atoms with van der Waals surface area (Å²) in [6, 6.07) is 0.349. The zero-order valence-corrected chi connectivity index (χ0v) is 15.3. The van der Waals surface area contributed by atoms with Gasteiger partial charge in [-0.05, 0) is 45.1 Å². The smallest absolute Gasteiger partial charge is 0.236 e. The lowest BCUT2D eigenvalue weighted by Crippen LogP contribution is -2.43. The van der Waals surface area contributed by atoms with Crippen LogP contribution in [-0.4, -0.2) is 42.5 Å². The average molecular weight is 342 g/mol. The first-order valence-electron chi connectivity index (χ1n) is 7.78. The fourth-order valence-corrected chi connectivity index (χ4v) is 2.73. The Morgan fingerprint density at radius 1 is 1.33 bits per heavy atom. The zero-order chi connectivity index (χ0) is 14.3. The summed E-state index contributed by atoms with van der Waals surface area (Å²) in [6.45, 7) is 9.52. The standard InChI is InChI=1S/C15H31N3O.2ClH/c1-12(2)11-14(16)15(19)17-8-6-10-18-9-5-4-7-13(18)3;;/h12-14H,4-11,16H2,1-3H3,(H,17,19);2*1H/t13?,14-;;/m0../s1. The van der Waals surface area contributed by atoms with E-state index in [1.807, 2.05) is 0 Å². The average Bonchev–Trinajstić information content (AvgIpc) is 2.35. The summed E-state index contributed by atoms with van der Waals surface area (Å²) in [5, 5.41) is 2.95. The minimum atomic E-state index is -0.353. The molecule has 0 aromatic heterocycles. The van der Waals surface area contributed by atoms with E-state index in [4.69, 9.17) is 5.73 Å². The number of carbonyl (C=O) groups is 1. The van der Waals surface area contributed by atoms with Gasteiger partial charge in [0.25, 0.3) is 0 Å². The molecular formula is C15H33Cl2N3O. The molecule has 2 atom stereocenters. The molecular weight excluding hydrogens is 309 g/mol. The van der Waals surface area contributed by atoms with Gasteiger partial charge in [0.05, 0.1) is 6.04 Å². The second-order valence-corrected chi connectivity index (χ2v) is 6.26. The summed E-state index contributed by atoms with van der Waals surface area (Å²) in [5.41, 5.74) is 5.84. The van der Waals surface area contributed by atoms with Crippen molar-refractivity contribution < 1.29 is 4.79 Å². The molecule has 3 N–H and O–H groups in total. The van der Waals surface area contributed by atoms with Crippen molar-refractivity contribution in [2.45, 2.75) is 65.0 Å². The van der Waals surface area contributed by atoms with E-state index in [-0.39, 0.29) is 36.8 Å². The van der Waals surface area contributed by atoms with Crippen LogP contribution in [0.5, 0.6) is 0 Å². The van der Waals surface area contributed by atoms with Gasteiger partial charge in [-0.15, -0.1) is 24.8 Å². The highest BCUT2D eigenvalue weighted by Gasteiger charge is 2.18. The molecule has 0 radical (unpaired) electrons. The number of rotatable bonds is 7. The Balaban J connectivity index is 0. The molecule has 1 rings (SSSR count). The minimum Gasteiger partial charge on any atom is -0.355 e. The van der Waals surface area contributed by atoms with Crippen molar-refractivity contribution in [1.29, 1.82) is 0 Å². The molecule has 21 heavy (non-hydrogen) atoms. The van der Waals surface area contributed by atoms with Crippen LogP contribution in [-0.2, 0) is 4.79 Å². The highest BCUT2D eigenvalue weighted by molar-refractivity contribution is 5.85. The van der Waals surface area contributed by atoms with E-state index in [0.717, 1.165) is 25.9 Å². The van der Waals surface area contributed by atoms with Crippen LogP contribution in [0.2, 0.25) is 0 Å². The molecule has 1 aliphatic heterocycles. The SMILES string of the molecule is CC(C)C[C@H](N)C(=O)NCCCN1CCCCC1C.Cl.Cl. The van der Waals surface area contributed by atoms with Gasteiger partial charge in [-0.25, -0.2) is 0 Å². The van der Waals surface area contributed by atoms with E-state index < -0.39 is 0 Å². The van der Waals surface area contributed by atoms with Crippen molar-refractivity contribution in [3.05, 3.63) is 0 Å². The molecule has 0 aromatic rings. The van der Waals surface area contributed by atoms with Crippen molar-refractivity contribution >= 4 is 30.7 Å². The summed E-state index contributed by atoms with van der Waals surface area (Å²) in [4.78, 5) is 14.3. The Morgan fingerprint density at radius 2 is 2.00 bits per heavy atom. The highest BCUT2D eigenvalue weighted by Crippen LogP contribution is 2.16. The maximum Gasteiger partial charge on any atom is 0.236 e. The van der Waals surface area contributed by atoms with Crippen LogP contribution < -0.4 is 11.1 Å². The highest BCUT2D eigenvalue weighted by atomic mass is 35.5. The number of amides is 1. The Labute approximate surface area is 142 Å². The number of likely N-dealkylation sites (tertiary alicyclic amines) is 1.